The van der Waals surface area contributed by atoms with Gasteiger partial charge in [0.1, 0.15) is 12.2 Å². The average molecular weight is 427 g/mol. The summed E-state index contributed by atoms with van der Waals surface area (Å²) in [6, 6.07) is 19.7. The second kappa shape index (κ2) is 9.56. The van der Waals surface area contributed by atoms with Crippen molar-refractivity contribution in [3.63, 3.8) is 0 Å². The van der Waals surface area contributed by atoms with E-state index in [4.69, 9.17) is 4.99 Å². The first-order chi connectivity index (χ1) is 15.5. The van der Waals surface area contributed by atoms with Gasteiger partial charge in [0.15, 0.2) is 5.82 Å². The molecule has 4 rings (SSSR count). The lowest BCUT2D eigenvalue weighted by Gasteiger charge is -2.20. The quantitative estimate of drug-likeness (QED) is 0.644. The molecular weight excluding hydrogens is 400 g/mol. The summed E-state index contributed by atoms with van der Waals surface area (Å²) in [4.78, 5) is 36.4. The molecule has 1 aliphatic heterocycles. The Balaban J connectivity index is 1.52. The first kappa shape index (κ1) is 21.4. The molecule has 0 unspecified atom stereocenters. The summed E-state index contributed by atoms with van der Waals surface area (Å²) in [6.45, 7) is 4.42. The number of anilines is 1. The fraction of sp³-hybridized carbons (Fsp3) is 0.231. The number of aliphatic imine (C=N–C) groups is 1. The van der Waals surface area contributed by atoms with Gasteiger partial charge in [-0.2, -0.15) is 0 Å². The number of benzene rings is 2. The molecule has 0 aliphatic carbocycles. The van der Waals surface area contributed by atoms with Gasteiger partial charge in [0.05, 0.1) is 12.1 Å². The average Bonchev–Trinajstić information content (AvgIpc) is 2.95. The number of rotatable bonds is 6. The Labute approximate surface area is 188 Å². The molecule has 0 bridgehead atoms. The van der Waals surface area contributed by atoms with E-state index >= 15 is 0 Å². The van der Waals surface area contributed by atoms with E-state index in [9.17, 15) is 9.59 Å². The van der Waals surface area contributed by atoms with E-state index in [0.717, 1.165) is 23.1 Å². The van der Waals surface area contributed by atoms with Crippen molar-refractivity contribution in [2.24, 2.45) is 4.99 Å². The molecule has 0 fully saturated rings. The van der Waals surface area contributed by atoms with E-state index in [1.165, 1.54) is 10.5 Å². The van der Waals surface area contributed by atoms with Crippen molar-refractivity contribution in [1.29, 1.82) is 0 Å². The molecule has 0 atom stereocenters. The summed E-state index contributed by atoms with van der Waals surface area (Å²) in [5, 5.41) is 2.90. The molecule has 0 spiro atoms. The highest BCUT2D eigenvalue weighted by Crippen LogP contribution is 2.30. The lowest BCUT2D eigenvalue weighted by molar-refractivity contribution is -0.123. The minimum Gasteiger partial charge on any atom is -0.350 e. The summed E-state index contributed by atoms with van der Waals surface area (Å²) in [7, 11) is 0. The molecule has 0 radical (unpaired) electrons. The highest BCUT2D eigenvalue weighted by atomic mass is 16.2. The molecule has 6 heteroatoms. The maximum absolute atomic E-state index is 13.2. The van der Waals surface area contributed by atoms with Gasteiger partial charge in [0, 0.05) is 12.7 Å². The standard InChI is InChI=1S/C26H26N4O2/c1-3-19-10-12-21(13-11-19)23-15-25(32)30(26-22(29-23)5-4-14-27-26)17-24(31)28-16-20-8-6-18(2)7-9-20/h4-14H,3,15-17H2,1-2H3,(H,28,31). The number of amides is 2. The topological polar surface area (TPSA) is 74.7 Å². The van der Waals surface area contributed by atoms with Crippen LogP contribution >= 0.6 is 0 Å². The van der Waals surface area contributed by atoms with Gasteiger partial charge in [-0.1, -0.05) is 61.0 Å². The highest BCUT2D eigenvalue weighted by Gasteiger charge is 2.27. The van der Waals surface area contributed by atoms with Crippen LogP contribution in [-0.4, -0.2) is 29.1 Å². The third-order valence-electron chi connectivity index (χ3n) is 5.50. The molecule has 2 heterocycles. The van der Waals surface area contributed by atoms with Gasteiger partial charge in [-0.3, -0.25) is 14.5 Å². The van der Waals surface area contributed by atoms with Crippen LogP contribution < -0.4 is 10.2 Å². The van der Waals surface area contributed by atoms with Gasteiger partial charge < -0.3 is 5.32 Å². The zero-order valence-corrected chi connectivity index (χ0v) is 18.3. The molecule has 3 aromatic rings. The second-order valence-electron chi connectivity index (χ2n) is 7.87. The first-order valence-corrected chi connectivity index (χ1v) is 10.8. The number of carbonyl (C=O) groups is 2. The van der Waals surface area contributed by atoms with Crippen LogP contribution in [0.25, 0.3) is 0 Å². The van der Waals surface area contributed by atoms with Gasteiger partial charge in [0.2, 0.25) is 11.8 Å². The summed E-state index contributed by atoms with van der Waals surface area (Å²) in [5.41, 5.74) is 5.55. The molecule has 2 aromatic carbocycles. The van der Waals surface area contributed by atoms with Crippen molar-refractivity contribution in [2.75, 3.05) is 11.4 Å². The number of fused-ring (bicyclic) bond motifs is 1. The minimum atomic E-state index is -0.244. The van der Waals surface area contributed by atoms with Crippen LogP contribution in [0, 0.1) is 6.92 Å². The maximum atomic E-state index is 13.2. The number of pyridine rings is 1. The number of carbonyl (C=O) groups excluding carboxylic acids is 2. The Bertz CT molecular complexity index is 1150. The van der Waals surface area contributed by atoms with Gasteiger partial charge >= 0.3 is 0 Å². The molecule has 6 nitrogen and oxygen atoms in total. The Morgan fingerprint density at radius 2 is 1.75 bits per heavy atom. The number of aromatic nitrogens is 1. The monoisotopic (exact) mass is 426 g/mol. The largest absolute Gasteiger partial charge is 0.350 e. The number of nitrogens with one attached hydrogen (secondary N) is 1. The van der Waals surface area contributed by atoms with E-state index in [1.54, 1.807) is 12.3 Å². The molecular formula is C26H26N4O2. The van der Waals surface area contributed by atoms with E-state index in [1.807, 2.05) is 61.5 Å². The Kier molecular flexibility index (Phi) is 6.40. The summed E-state index contributed by atoms with van der Waals surface area (Å²) < 4.78 is 0. The van der Waals surface area contributed by atoms with Gasteiger partial charge in [-0.05, 0) is 42.2 Å². The number of hydrogen-bond acceptors (Lipinski definition) is 4. The van der Waals surface area contributed by atoms with Crippen LogP contribution in [0.5, 0.6) is 0 Å². The van der Waals surface area contributed by atoms with E-state index in [0.29, 0.717) is 23.8 Å². The predicted octanol–water partition coefficient (Wildman–Crippen LogP) is 4.13. The van der Waals surface area contributed by atoms with Crippen molar-refractivity contribution < 1.29 is 9.59 Å². The second-order valence-corrected chi connectivity index (χ2v) is 7.87. The van der Waals surface area contributed by atoms with Crippen molar-refractivity contribution in [3.05, 3.63) is 89.1 Å². The Morgan fingerprint density at radius 3 is 2.47 bits per heavy atom. The smallest absolute Gasteiger partial charge is 0.240 e. The SMILES string of the molecule is CCc1ccc(C2=Nc3cccnc3N(CC(=O)NCc3ccc(C)cc3)C(=O)C2)cc1. The van der Waals surface area contributed by atoms with Crippen LogP contribution in [0.15, 0.2) is 71.9 Å². The van der Waals surface area contributed by atoms with E-state index in [-0.39, 0.29) is 24.8 Å². The minimum absolute atomic E-state index is 0.104. The third kappa shape index (κ3) is 4.91. The van der Waals surface area contributed by atoms with Crippen molar-refractivity contribution in [1.82, 2.24) is 10.3 Å². The normalized spacial score (nSPS) is 13.2. The number of aryl methyl sites for hydroxylation is 2. The Morgan fingerprint density at radius 1 is 1.03 bits per heavy atom. The van der Waals surface area contributed by atoms with E-state index < -0.39 is 0 Å². The number of hydrogen-bond donors (Lipinski definition) is 1. The molecule has 0 saturated carbocycles. The zero-order chi connectivity index (χ0) is 22.5. The first-order valence-electron chi connectivity index (χ1n) is 10.8. The molecule has 32 heavy (non-hydrogen) atoms. The van der Waals surface area contributed by atoms with Crippen LogP contribution in [0.1, 0.15) is 35.6 Å². The van der Waals surface area contributed by atoms with Crippen molar-refractivity contribution in [2.45, 2.75) is 33.2 Å². The van der Waals surface area contributed by atoms with Crippen LogP contribution in [0.3, 0.4) is 0 Å². The lowest BCUT2D eigenvalue weighted by Crippen LogP contribution is -2.41. The molecule has 0 saturated heterocycles. The van der Waals surface area contributed by atoms with Gasteiger partial charge in [-0.15, -0.1) is 0 Å². The number of nitrogens with zero attached hydrogens (tertiary/aromatic N) is 3. The van der Waals surface area contributed by atoms with Gasteiger partial charge in [0.25, 0.3) is 0 Å². The molecule has 1 aliphatic rings. The highest BCUT2D eigenvalue weighted by molar-refractivity contribution is 6.18. The third-order valence-corrected chi connectivity index (χ3v) is 5.50. The lowest BCUT2D eigenvalue weighted by atomic mass is 10.0. The van der Waals surface area contributed by atoms with Crippen molar-refractivity contribution in [3.8, 4) is 0 Å². The van der Waals surface area contributed by atoms with Crippen LogP contribution in [0.2, 0.25) is 0 Å². The summed E-state index contributed by atoms with van der Waals surface area (Å²) >= 11 is 0. The van der Waals surface area contributed by atoms with Gasteiger partial charge in [-0.25, -0.2) is 9.98 Å². The van der Waals surface area contributed by atoms with Crippen molar-refractivity contribution >= 4 is 29.0 Å². The van der Waals surface area contributed by atoms with E-state index in [2.05, 4.69) is 17.2 Å². The summed E-state index contributed by atoms with van der Waals surface area (Å²) in [5.74, 6) is -0.0410. The fourth-order valence-electron chi connectivity index (χ4n) is 3.59. The molecule has 162 valence electrons. The Hall–Kier alpha value is -3.80. The molecule has 1 aromatic heterocycles. The summed E-state index contributed by atoms with van der Waals surface area (Å²) in [6.07, 6.45) is 2.66. The fourth-order valence-corrected chi connectivity index (χ4v) is 3.59. The maximum Gasteiger partial charge on any atom is 0.240 e. The van der Waals surface area contributed by atoms with Crippen LogP contribution in [-0.2, 0) is 22.6 Å². The predicted molar refractivity (Wildman–Crippen MR) is 126 cm³/mol. The molecule has 1 N–H and O–H groups in total. The molecule has 2 amide bonds. The zero-order valence-electron chi connectivity index (χ0n) is 18.3. The van der Waals surface area contributed by atoms with Crippen LogP contribution in [0.4, 0.5) is 11.5 Å².